The number of carbonyl (C=O) groups excluding carboxylic acids is 2. The third-order valence-electron chi connectivity index (χ3n) is 8.54. The number of ketones is 1. The Morgan fingerprint density at radius 2 is 1.94 bits per heavy atom. The molecule has 1 aromatic carbocycles. The average molecular weight is 426 g/mol. The fraction of sp³-hybridized carbons (Fsp3) is 0.600. The number of amides is 1. The van der Waals surface area contributed by atoms with Crippen molar-refractivity contribution in [2.45, 2.75) is 71.5 Å². The highest BCUT2D eigenvalue weighted by Gasteiger charge is 2.75. The molecule has 1 aromatic rings. The Bertz CT molecular complexity index is 1030. The Hall–Kier alpha value is -2.34. The maximum Gasteiger partial charge on any atom is 0.224 e. The fourth-order valence-corrected chi connectivity index (χ4v) is 7.65. The summed E-state index contributed by atoms with van der Waals surface area (Å²) in [6, 6.07) is 3.02. The molecule has 2 saturated carbocycles. The zero-order valence-electron chi connectivity index (χ0n) is 18.6. The number of nitrogens with one attached hydrogen (secondary N) is 1. The largest absolute Gasteiger partial charge is 0.506 e. The maximum absolute atomic E-state index is 13.2. The first-order chi connectivity index (χ1) is 14.4. The molecule has 3 aliphatic carbocycles. The second-order valence-corrected chi connectivity index (χ2v) is 11.2. The van der Waals surface area contributed by atoms with E-state index in [-0.39, 0.29) is 63.8 Å². The molecule has 1 spiro atoms. The Morgan fingerprint density at radius 1 is 1.19 bits per heavy atom. The topological polar surface area (TPSA) is 95.9 Å². The van der Waals surface area contributed by atoms with Crippen LogP contribution in [0.25, 0.3) is 0 Å². The van der Waals surface area contributed by atoms with E-state index in [4.69, 9.17) is 4.74 Å². The number of hydrogen-bond acceptors (Lipinski definition) is 5. The molecular formula is C25H31NO5. The summed E-state index contributed by atoms with van der Waals surface area (Å²) in [5.41, 5.74) is -0.212. The number of phenols is 2. The number of phenolic OH excluding ortho intramolecular Hbond substituents is 2. The van der Waals surface area contributed by atoms with Gasteiger partial charge in [0, 0.05) is 17.8 Å². The van der Waals surface area contributed by atoms with Gasteiger partial charge in [-0.1, -0.05) is 26.0 Å². The van der Waals surface area contributed by atoms with Crippen LogP contribution in [0.15, 0.2) is 24.3 Å². The molecule has 6 atom stereocenters. The summed E-state index contributed by atoms with van der Waals surface area (Å²) in [7, 11) is 0. The van der Waals surface area contributed by atoms with Gasteiger partial charge in [-0.2, -0.15) is 0 Å². The number of anilines is 1. The number of hydrogen-bond donors (Lipinski definition) is 3. The van der Waals surface area contributed by atoms with E-state index in [0.29, 0.717) is 12.0 Å². The minimum absolute atomic E-state index is 0.0174. The Balaban J connectivity index is 1.39. The molecule has 5 aliphatic rings. The standard InChI is InChI=1S/C25H31NO5/c1-14-5-6-15(27)18(19(14)30)26-17(29)8-9-24(4)16(28)7-10-25-12-22(2)11-23(3,13-25)31-21(22)20(24)25/h5-7,10,20-21,27,30H,8-9,11-13H2,1-4H3,(H,26,29). The quantitative estimate of drug-likeness (QED) is 0.627. The molecule has 6 nitrogen and oxygen atoms in total. The molecule has 6 unspecified atom stereocenters. The van der Waals surface area contributed by atoms with E-state index in [2.05, 4.69) is 25.2 Å². The Kier molecular flexibility index (Phi) is 4.06. The van der Waals surface area contributed by atoms with Gasteiger partial charge in [0.15, 0.2) is 5.78 Å². The SMILES string of the molecule is Cc1ccc(O)c(NC(=O)CCC2(C)C(=O)C=CC34CC5(C)CC(C)(C3)C(O5)C42)c1O. The molecule has 4 fully saturated rings. The van der Waals surface area contributed by atoms with Gasteiger partial charge >= 0.3 is 0 Å². The zero-order valence-corrected chi connectivity index (χ0v) is 18.6. The molecule has 2 aliphatic heterocycles. The minimum atomic E-state index is -0.684. The van der Waals surface area contributed by atoms with Gasteiger partial charge in [-0.05, 0) is 68.1 Å². The lowest BCUT2D eigenvalue weighted by Crippen LogP contribution is -2.55. The lowest BCUT2D eigenvalue weighted by molar-refractivity contribution is -0.170. The molecule has 6 rings (SSSR count). The predicted octanol–water partition coefficient (Wildman–Crippen LogP) is 4.23. The highest BCUT2D eigenvalue weighted by Crippen LogP contribution is 2.75. The van der Waals surface area contributed by atoms with Crippen molar-refractivity contribution in [3.8, 4) is 11.5 Å². The van der Waals surface area contributed by atoms with Crippen LogP contribution in [0.4, 0.5) is 5.69 Å². The van der Waals surface area contributed by atoms with Crippen LogP contribution < -0.4 is 5.32 Å². The highest BCUT2D eigenvalue weighted by molar-refractivity contribution is 5.98. The van der Waals surface area contributed by atoms with E-state index >= 15 is 0 Å². The van der Waals surface area contributed by atoms with Crippen molar-refractivity contribution >= 4 is 17.4 Å². The smallest absolute Gasteiger partial charge is 0.224 e. The van der Waals surface area contributed by atoms with Crippen molar-refractivity contribution < 1.29 is 24.5 Å². The molecule has 166 valence electrons. The summed E-state index contributed by atoms with van der Waals surface area (Å²) in [6.45, 7) is 8.17. The van der Waals surface area contributed by atoms with E-state index in [1.165, 1.54) is 6.07 Å². The van der Waals surface area contributed by atoms with Gasteiger partial charge in [-0.3, -0.25) is 9.59 Å². The van der Waals surface area contributed by atoms with Gasteiger partial charge < -0.3 is 20.3 Å². The van der Waals surface area contributed by atoms with E-state index < -0.39 is 5.41 Å². The van der Waals surface area contributed by atoms with Crippen molar-refractivity contribution in [3.05, 3.63) is 29.8 Å². The van der Waals surface area contributed by atoms with Crippen molar-refractivity contribution in [3.63, 3.8) is 0 Å². The molecule has 3 N–H and O–H groups in total. The number of aromatic hydroxyl groups is 2. The number of aryl methyl sites for hydroxylation is 1. The van der Waals surface area contributed by atoms with Gasteiger partial charge in [0.05, 0.1) is 11.7 Å². The van der Waals surface area contributed by atoms with Crippen molar-refractivity contribution in [2.24, 2.45) is 22.2 Å². The number of rotatable bonds is 4. The Labute approximate surface area is 182 Å². The monoisotopic (exact) mass is 425 g/mol. The van der Waals surface area contributed by atoms with Gasteiger partial charge in [0.25, 0.3) is 0 Å². The van der Waals surface area contributed by atoms with Crippen molar-refractivity contribution in [2.75, 3.05) is 5.32 Å². The van der Waals surface area contributed by atoms with Gasteiger partial charge in [0.1, 0.15) is 17.2 Å². The molecule has 2 saturated heterocycles. The maximum atomic E-state index is 13.2. The average Bonchev–Trinajstić information content (AvgIpc) is 2.99. The fourth-order valence-electron chi connectivity index (χ4n) is 7.65. The van der Waals surface area contributed by atoms with Crippen LogP contribution in [0.1, 0.15) is 58.4 Å². The van der Waals surface area contributed by atoms with Crippen molar-refractivity contribution in [1.82, 2.24) is 0 Å². The van der Waals surface area contributed by atoms with E-state index in [1.54, 1.807) is 19.1 Å². The first-order valence-electron chi connectivity index (χ1n) is 11.1. The molecule has 1 amide bonds. The number of carbonyl (C=O) groups is 2. The summed E-state index contributed by atoms with van der Waals surface area (Å²) in [5.74, 6) is -0.537. The molecule has 4 bridgehead atoms. The van der Waals surface area contributed by atoms with E-state index in [9.17, 15) is 19.8 Å². The van der Waals surface area contributed by atoms with Crippen LogP contribution in [-0.4, -0.2) is 33.6 Å². The minimum Gasteiger partial charge on any atom is -0.506 e. The molecule has 6 heteroatoms. The molecule has 0 aromatic heterocycles. The normalized spacial score (nSPS) is 42.1. The lowest BCUT2D eigenvalue weighted by Gasteiger charge is -2.54. The second-order valence-electron chi connectivity index (χ2n) is 11.2. The van der Waals surface area contributed by atoms with Crippen LogP contribution in [0.2, 0.25) is 0 Å². The van der Waals surface area contributed by atoms with E-state index in [0.717, 1.165) is 19.3 Å². The third-order valence-corrected chi connectivity index (χ3v) is 8.54. The first kappa shape index (κ1) is 20.6. The van der Waals surface area contributed by atoms with Crippen LogP contribution in [-0.2, 0) is 14.3 Å². The second kappa shape index (κ2) is 6.12. The van der Waals surface area contributed by atoms with Crippen molar-refractivity contribution in [1.29, 1.82) is 0 Å². The summed E-state index contributed by atoms with van der Waals surface area (Å²) < 4.78 is 6.54. The summed E-state index contributed by atoms with van der Waals surface area (Å²) in [5, 5.41) is 22.9. The summed E-state index contributed by atoms with van der Waals surface area (Å²) >= 11 is 0. The highest BCUT2D eigenvalue weighted by atomic mass is 16.5. The molecule has 2 heterocycles. The zero-order chi connectivity index (χ0) is 22.4. The summed E-state index contributed by atoms with van der Waals surface area (Å²) in [4.78, 5) is 25.9. The van der Waals surface area contributed by atoms with Crippen LogP contribution in [0.3, 0.4) is 0 Å². The number of ether oxygens (including phenoxy) is 1. The lowest BCUT2D eigenvalue weighted by atomic mass is 9.53. The molecule has 0 radical (unpaired) electrons. The summed E-state index contributed by atoms with van der Waals surface area (Å²) in [6.07, 6.45) is 7.40. The molecule has 31 heavy (non-hydrogen) atoms. The van der Waals surface area contributed by atoms with Gasteiger partial charge in [-0.15, -0.1) is 0 Å². The van der Waals surface area contributed by atoms with Crippen LogP contribution in [0, 0.1) is 29.1 Å². The van der Waals surface area contributed by atoms with Crippen LogP contribution >= 0.6 is 0 Å². The number of benzene rings is 1. The van der Waals surface area contributed by atoms with Crippen LogP contribution in [0.5, 0.6) is 11.5 Å². The van der Waals surface area contributed by atoms with E-state index in [1.807, 2.05) is 6.92 Å². The molecular weight excluding hydrogens is 394 g/mol. The third kappa shape index (κ3) is 2.73. The van der Waals surface area contributed by atoms with Gasteiger partial charge in [-0.25, -0.2) is 0 Å². The Morgan fingerprint density at radius 3 is 2.68 bits per heavy atom. The number of allylic oxidation sites excluding steroid dienone is 2. The predicted molar refractivity (Wildman–Crippen MR) is 116 cm³/mol. The van der Waals surface area contributed by atoms with Gasteiger partial charge in [0.2, 0.25) is 5.91 Å². The first-order valence-corrected chi connectivity index (χ1v) is 11.1.